The quantitative estimate of drug-likeness (QED) is 0.419. The fourth-order valence-corrected chi connectivity index (χ4v) is 0. The number of halogens is 6. The molecule has 7 heteroatoms. The van der Waals surface area contributed by atoms with Gasteiger partial charge in [0.05, 0.1) is 0 Å². The van der Waals surface area contributed by atoms with E-state index in [1.807, 2.05) is 0 Å². The minimum atomic E-state index is -4.63. The van der Waals surface area contributed by atoms with E-state index in [2.05, 4.69) is 33.2 Å². The molecule has 0 N–H and O–H groups in total. The van der Waals surface area contributed by atoms with Gasteiger partial charge in [-0.2, -0.15) is 13.2 Å². The van der Waals surface area contributed by atoms with Crippen LogP contribution in [-0.4, -0.2) is 11.8 Å². The Morgan fingerprint density at radius 3 is 1.12 bits per heavy atom. The van der Waals surface area contributed by atoms with Crippen LogP contribution >= 0.6 is 33.2 Å². The predicted octanol–water partition coefficient (Wildman–Crippen LogP) is 2.74. The van der Waals surface area contributed by atoms with Crippen LogP contribution in [0.2, 0.25) is 0 Å². The van der Waals surface area contributed by atoms with Gasteiger partial charge in [-0.05, 0) is 0 Å². The second kappa shape index (κ2) is 2.25. The third-order valence-corrected chi connectivity index (χ3v) is 2.89. The second-order valence-corrected chi connectivity index (χ2v) is 9.40. The van der Waals surface area contributed by atoms with Gasteiger partial charge < -0.3 is 0 Å². The van der Waals surface area contributed by atoms with Gasteiger partial charge in [0.15, 0.2) is 0 Å². The van der Waals surface area contributed by atoms with Crippen molar-refractivity contribution in [3.05, 3.63) is 0 Å². The summed E-state index contributed by atoms with van der Waals surface area (Å²) in [6, 6.07) is -4.44. The molecule has 50 valence electrons. The molecule has 0 amide bonds. The standard InChI is InChI=1S/CCl3F3Si/c2-8(3,4)1(5,6)7. The van der Waals surface area contributed by atoms with Crippen LogP contribution in [0.4, 0.5) is 13.2 Å². The fraction of sp³-hybridized carbons (Fsp3) is 1.00. The first-order valence-corrected chi connectivity index (χ1v) is 6.42. The van der Waals surface area contributed by atoms with Crippen LogP contribution < -0.4 is 0 Å². The van der Waals surface area contributed by atoms with Crippen molar-refractivity contribution in [1.29, 1.82) is 0 Å². The highest BCUT2D eigenvalue weighted by Gasteiger charge is 2.55. The molecule has 0 aromatic carbocycles. The van der Waals surface area contributed by atoms with Gasteiger partial charge in [-0.3, -0.25) is 0 Å². The lowest BCUT2D eigenvalue weighted by molar-refractivity contribution is -0.0480. The van der Waals surface area contributed by atoms with E-state index in [0.717, 1.165) is 0 Å². The smallest absolute Gasteiger partial charge is 0.171 e. The average molecular weight is 203 g/mol. The van der Waals surface area contributed by atoms with E-state index >= 15 is 0 Å². The van der Waals surface area contributed by atoms with E-state index in [1.54, 1.807) is 0 Å². The molecule has 0 atom stereocenters. The summed E-state index contributed by atoms with van der Waals surface area (Å²) in [4.78, 5) is 0. The highest BCUT2D eigenvalue weighted by molar-refractivity contribution is 7.65. The molecular formula is CCl3F3Si. The number of rotatable bonds is 0. The summed E-state index contributed by atoms with van der Waals surface area (Å²) in [7, 11) is 0. The molecule has 0 spiro atoms. The van der Waals surface area contributed by atoms with Crippen molar-refractivity contribution in [3.8, 4) is 0 Å². The van der Waals surface area contributed by atoms with Crippen LogP contribution in [-0.2, 0) is 0 Å². The Bertz CT molecular complexity index is 69.5. The van der Waals surface area contributed by atoms with Crippen molar-refractivity contribution in [2.45, 2.75) is 5.80 Å². The van der Waals surface area contributed by atoms with Gasteiger partial charge in [-0.15, -0.1) is 33.2 Å². The van der Waals surface area contributed by atoms with Crippen LogP contribution in [0.15, 0.2) is 0 Å². The largest absolute Gasteiger partial charge is 0.459 e. The highest BCUT2D eigenvalue weighted by atomic mass is 35.8. The van der Waals surface area contributed by atoms with E-state index in [9.17, 15) is 13.2 Å². The molecule has 0 rings (SSSR count). The molecule has 0 saturated carbocycles. The Kier molecular flexibility index (Phi) is 2.49. The van der Waals surface area contributed by atoms with Crippen LogP contribution in [0.3, 0.4) is 0 Å². The molecule has 0 aliphatic heterocycles. The van der Waals surface area contributed by atoms with Crippen molar-refractivity contribution < 1.29 is 13.2 Å². The molecule has 0 heterocycles. The Balaban J connectivity index is 4.02. The van der Waals surface area contributed by atoms with E-state index in [4.69, 9.17) is 0 Å². The highest BCUT2D eigenvalue weighted by Crippen LogP contribution is 2.37. The maximum absolute atomic E-state index is 11.2. The Labute approximate surface area is 58.6 Å². The predicted molar refractivity (Wildman–Crippen MR) is 29.4 cm³/mol. The summed E-state index contributed by atoms with van der Waals surface area (Å²) in [6.07, 6.45) is 0. The van der Waals surface area contributed by atoms with Crippen molar-refractivity contribution in [3.63, 3.8) is 0 Å². The van der Waals surface area contributed by atoms with Gasteiger partial charge in [0.2, 0.25) is 0 Å². The van der Waals surface area contributed by atoms with E-state index in [0.29, 0.717) is 0 Å². The number of hydrogen-bond acceptors (Lipinski definition) is 0. The van der Waals surface area contributed by atoms with Crippen molar-refractivity contribution in [1.82, 2.24) is 0 Å². The molecular weight excluding hydrogens is 203 g/mol. The van der Waals surface area contributed by atoms with Crippen molar-refractivity contribution in [2.75, 3.05) is 0 Å². The normalized spacial score (nSPS) is 14.2. The Hall–Kier alpha value is 0.877. The van der Waals surface area contributed by atoms with Gasteiger partial charge in [0, 0.05) is 0 Å². The molecule has 0 fully saturated rings. The van der Waals surface area contributed by atoms with Crippen molar-refractivity contribution >= 4 is 39.2 Å². The van der Waals surface area contributed by atoms with Gasteiger partial charge in [-0.25, -0.2) is 0 Å². The molecule has 0 bridgehead atoms. The summed E-state index contributed by atoms with van der Waals surface area (Å²) in [5, 5.41) is 0. The maximum atomic E-state index is 11.2. The number of alkyl halides is 3. The third kappa shape index (κ3) is 2.43. The van der Waals surface area contributed by atoms with Crippen LogP contribution in [0.1, 0.15) is 0 Å². The zero-order valence-electron chi connectivity index (χ0n) is 3.27. The summed E-state index contributed by atoms with van der Waals surface area (Å²) in [6.45, 7) is 0. The molecule has 0 saturated heterocycles. The van der Waals surface area contributed by atoms with Crippen LogP contribution in [0, 0.1) is 0 Å². The third-order valence-electron chi connectivity index (χ3n) is 0.321. The van der Waals surface area contributed by atoms with Gasteiger partial charge >= 0.3 is 11.8 Å². The minimum Gasteiger partial charge on any atom is -0.171 e. The summed E-state index contributed by atoms with van der Waals surface area (Å²) < 4.78 is 33.7. The lowest BCUT2D eigenvalue weighted by Gasteiger charge is -2.10. The van der Waals surface area contributed by atoms with Crippen molar-refractivity contribution in [2.24, 2.45) is 0 Å². The lowest BCUT2D eigenvalue weighted by atomic mass is 11.5. The molecule has 0 nitrogen and oxygen atoms in total. The van der Waals surface area contributed by atoms with Gasteiger partial charge in [0.25, 0.3) is 0 Å². The van der Waals surface area contributed by atoms with Crippen LogP contribution in [0.5, 0.6) is 0 Å². The summed E-state index contributed by atoms with van der Waals surface area (Å²) in [5.74, 6) is -4.63. The maximum Gasteiger partial charge on any atom is 0.459 e. The van der Waals surface area contributed by atoms with E-state index in [1.165, 1.54) is 0 Å². The van der Waals surface area contributed by atoms with Gasteiger partial charge in [-0.1, -0.05) is 0 Å². The topological polar surface area (TPSA) is 0 Å². The monoisotopic (exact) mass is 202 g/mol. The average Bonchev–Trinajstić information content (AvgIpc) is 1.25. The SMILES string of the molecule is FC(F)(F)[Si](Cl)(Cl)Cl. The minimum absolute atomic E-state index is 4.44. The van der Waals surface area contributed by atoms with E-state index < -0.39 is 11.8 Å². The summed E-state index contributed by atoms with van der Waals surface area (Å²) in [5.41, 5.74) is 0. The van der Waals surface area contributed by atoms with E-state index in [-0.39, 0.29) is 0 Å². The Morgan fingerprint density at radius 2 is 1.12 bits per heavy atom. The van der Waals surface area contributed by atoms with Crippen LogP contribution in [0.25, 0.3) is 0 Å². The first-order valence-electron chi connectivity index (χ1n) is 1.38. The first kappa shape index (κ1) is 8.88. The second-order valence-electron chi connectivity index (χ2n) is 0.996. The lowest BCUT2D eigenvalue weighted by Crippen LogP contribution is -2.33. The molecule has 0 aliphatic rings. The molecule has 0 aliphatic carbocycles. The molecule has 0 unspecified atom stereocenters. The molecule has 0 aromatic rings. The Morgan fingerprint density at radius 1 is 1.00 bits per heavy atom. The molecule has 0 radical (unpaired) electrons. The molecule has 0 aromatic heterocycles. The zero-order valence-corrected chi connectivity index (χ0v) is 6.54. The van der Waals surface area contributed by atoms with Gasteiger partial charge in [0.1, 0.15) is 0 Å². The number of hydrogen-bond donors (Lipinski definition) is 0. The zero-order chi connectivity index (χ0) is 7.00. The summed E-state index contributed by atoms with van der Waals surface area (Å²) >= 11 is 13.7. The first-order chi connectivity index (χ1) is 3.25. The molecule has 8 heavy (non-hydrogen) atoms. The fourth-order valence-electron chi connectivity index (χ4n) is 0.